The lowest BCUT2D eigenvalue weighted by atomic mass is 10.2. The van der Waals surface area contributed by atoms with Crippen molar-refractivity contribution >= 4 is 29.2 Å². The molecule has 1 heterocycles. The number of benzene rings is 2. The van der Waals surface area contributed by atoms with Crippen molar-refractivity contribution in [1.82, 2.24) is 10.6 Å². The lowest BCUT2D eigenvalue weighted by Crippen LogP contribution is -2.41. The van der Waals surface area contributed by atoms with Gasteiger partial charge in [-0.25, -0.2) is 0 Å². The minimum absolute atomic E-state index is 0.163. The van der Waals surface area contributed by atoms with E-state index in [1.807, 2.05) is 55.6 Å². The van der Waals surface area contributed by atoms with E-state index in [4.69, 9.17) is 9.47 Å². The lowest BCUT2D eigenvalue weighted by molar-refractivity contribution is -0.118. The molecule has 1 atom stereocenters. The highest BCUT2D eigenvalue weighted by Gasteiger charge is 2.17. The number of rotatable bonds is 9. The van der Waals surface area contributed by atoms with Gasteiger partial charge in [-0.05, 0) is 67.3 Å². The Labute approximate surface area is 191 Å². The highest BCUT2D eigenvalue weighted by atomic mass is 32.1. The van der Waals surface area contributed by atoms with E-state index in [1.54, 1.807) is 37.5 Å². The monoisotopic (exact) mass is 450 g/mol. The Morgan fingerprint density at radius 2 is 1.81 bits per heavy atom. The predicted molar refractivity (Wildman–Crippen MR) is 127 cm³/mol. The van der Waals surface area contributed by atoms with E-state index in [-0.39, 0.29) is 23.6 Å². The fourth-order valence-corrected chi connectivity index (χ4v) is 3.54. The molecule has 6 nitrogen and oxygen atoms in total. The third-order valence-electron chi connectivity index (χ3n) is 4.63. The second-order valence-corrected chi connectivity index (χ2v) is 8.19. The quantitative estimate of drug-likeness (QED) is 0.473. The molecule has 0 aliphatic carbocycles. The maximum Gasteiger partial charge on any atom is 0.268 e. The van der Waals surface area contributed by atoms with Crippen LogP contribution in [0.3, 0.4) is 0 Å². The van der Waals surface area contributed by atoms with Crippen LogP contribution in [0, 0.1) is 6.92 Å². The maximum absolute atomic E-state index is 13.0. The van der Waals surface area contributed by atoms with Crippen molar-refractivity contribution in [3.05, 3.63) is 87.7 Å². The molecule has 0 aliphatic heterocycles. The zero-order valence-corrected chi connectivity index (χ0v) is 19.1. The number of carbonyl (C=O) groups is 2. The Hall–Kier alpha value is -3.58. The van der Waals surface area contributed by atoms with Gasteiger partial charge in [0.05, 0.1) is 13.2 Å². The van der Waals surface area contributed by atoms with Gasteiger partial charge in [0.25, 0.3) is 11.8 Å². The van der Waals surface area contributed by atoms with E-state index in [2.05, 4.69) is 10.6 Å². The Kier molecular flexibility index (Phi) is 8.05. The number of amides is 2. The number of methoxy groups -OCH3 is 1. The molecular formula is C25H26N2O4S. The zero-order valence-electron chi connectivity index (χ0n) is 18.3. The molecule has 0 saturated heterocycles. The van der Waals surface area contributed by atoms with Crippen molar-refractivity contribution in [2.75, 3.05) is 13.7 Å². The molecule has 3 aromatic rings. The molecule has 2 N–H and O–H groups in total. The molecule has 166 valence electrons. The first-order chi connectivity index (χ1) is 15.5. The summed E-state index contributed by atoms with van der Waals surface area (Å²) in [6.45, 7) is 4.12. The van der Waals surface area contributed by atoms with Gasteiger partial charge in [-0.2, -0.15) is 0 Å². The highest BCUT2D eigenvalue weighted by Crippen LogP contribution is 2.17. The molecule has 7 heteroatoms. The Balaban J connectivity index is 1.68. The molecule has 0 bridgehead atoms. The van der Waals surface area contributed by atoms with Gasteiger partial charge in [0.1, 0.15) is 23.8 Å². The Morgan fingerprint density at radius 1 is 1.06 bits per heavy atom. The van der Waals surface area contributed by atoms with Crippen LogP contribution in [-0.4, -0.2) is 31.6 Å². The number of para-hydroxylation sites is 1. The molecule has 0 saturated carbocycles. The average Bonchev–Trinajstić information content (AvgIpc) is 3.31. The SMILES string of the molecule is COc1ccc(C(=O)N/C(=C\c2cccs2)C(=O)N[C@H](C)COc2ccccc2C)cc1. The van der Waals surface area contributed by atoms with Crippen molar-refractivity contribution in [2.45, 2.75) is 19.9 Å². The predicted octanol–water partition coefficient (Wildman–Crippen LogP) is 4.42. The summed E-state index contributed by atoms with van der Waals surface area (Å²) in [5, 5.41) is 7.54. The van der Waals surface area contributed by atoms with Crippen LogP contribution in [0.4, 0.5) is 0 Å². The third-order valence-corrected chi connectivity index (χ3v) is 5.45. The second-order valence-electron chi connectivity index (χ2n) is 7.21. The van der Waals surface area contributed by atoms with Gasteiger partial charge < -0.3 is 20.1 Å². The van der Waals surface area contributed by atoms with Crippen molar-refractivity contribution in [3.63, 3.8) is 0 Å². The van der Waals surface area contributed by atoms with Crippen LogP contribution in [0.15, 0.2) is 71.7 Å². The van der Waals surface area contributed by atoms with E-state index in [0.29, 0.717) is 17.9 Å². The van der Waals surface area contributed by atoms with Crippen LogP contribution >= 0.6 is 11.3 Å². The number of thiophene rings is 1. The molecule has 0 radical (unpaired) electrons. The molecule has 3 rings (SSSR count). The summed E-state index contributed by atoms with van der Waals surface area (Å²) in [5.74, 6) is 0.655. The summed E-state index contributed by atoms with van der Waals surface area (Å²) in [6.07, 6.45) is 1.66. The van der Waals surface area contributed by atoms with E-state index in [9.17, 15) is 9.59 Å². The van der Waals surface area contributed by atoms with E-state index < -0.39 is 0 Å². The molecule has 0 unspecified atom stereocenters. The largest absolute Gasteiger partial charge is 0.497 e. The Bertz CT molecular complexity index is 1080. The summed E-state index contributed by atoms with van der Waals surface area (Å²) in [7, 11) is 1.56. The van der Waals surface area contributed by atoms with Crippen LogP contribution in [0.5, 0.6) is 11.5 Å². The van der Waals surface area contributed by atoms with Crippen molar-refractivity contribution < 1.29 is 19.1 Å². The molecule has 0 spiro atoms. The van der Waals surface area contributed by atoms with E-state index >= 15 is 0 Å². The van der Waals surface area contributed by atoms with Gasteiger partial charge in [0.15, 0.2) is 0 Å². The summed E-state index contributed by atoms with van der Waals surface area (Å²) in [6, 6.07) is 17.9. The van der Waals surface area contributed by atoms with Crippen LogP contribution in [0.2, 0.25) is 0 Å². The summed E-state index contributed by atoms with van der Waals surface area (Å²) >= 11 is 1.48. The van der Waals surface area contributed by atoms with E-state index in [1.165, 1.54) is 11.3 Å². The van der Waals surface area contributed by atoms with Crippen LogP contribution < -0.4 is 20.1 Å². The van der Waals surface area contributed by atoms with Gasteiger partial charge in [0.2, 0.25) is 0 Å². The van der Waals surface area contributed by atoms with Crippen molar-refractivity contribution in [3.8, 4) is 11.5 Å². The summed E-state index contributed by atoms with van der Waals surface area (Å²) in [4.78, 5) is 26.5. The molecule has 0 fully saturated rings. The van der Waals surface area contributed by atoms with Gasteiger partial charge in [0, 0.05) is 10.4 Å². The van der Waals surface area contributed by atoms with E-state index in [0.717, 1.165) is 16.2 Å². The number of hydrogen-bond donors (Lipinski definition) is 2. The number of ether oxygens (including phenoxy) is 2. The maximum atomic E-state index is 13.0. The molecule has 32 heavy (non-hydrogen) atoms. The number of carbonyl (C=O) groups excluding carboxylic acids is 2. The average molecular weight is 451 g/mol. The first-order valence-electron chi connectivity index (χ1n) is 10.2. The van der Waals surface area contributed by atoms with Crippen LogP contribution in [0.1, 0.15) is 27.7 Å². The first kappa shape index (κ1) is 23.1. The normalized spacial score (nSPS) is 12.0. The van der Waals surface area contributed by atoms with Gasteiger partial charge in [-0.1, -0.05) is 24.3 Å². The summed E-state index contributed by atoms with van der Waals surface area (Å²) < 4.78 is 11.0. The molecule has 0 aliphatic rings. The standard InChI is InChI=1S/C25H26N2O4S/c1-17-7-4-5-9-23(17)31-16-18(2)26-25(29)22(15-21-8-6-14-32-21)27-24(28)19-10-12-20(30-3)13-11-19/h4-15,18H,16H2,1-3H3,(H,26,29)(H,27,28)/b22-15-/t18-/m1/s1. The first-order valence-corrected chi connectivity index (χ1v) is 11.0. The fourth-order valence-electron chi connectivity index (χ4n) is 2.89. The zero-order chi connectivity index (χ0) is 22.9. The Morgan fingerprint density at radius 3 is 2.47 bits per heavy atom. The van der Waals surface area contributed by atoms with Crippen LogP contribution in [0.25, 0.3) is 6.08 Å². The van der Waals surface area contributed by atoms with Gasteiger partial charge in [-0.15, -0.1) is 11.3 Å². The lowest BCUT2D eigenvalue weighted by Gasteiger charge is -2.17. The number of nitrogens with one attached hydrogen (secondary N) is 2. The number of hydrogen-bond acceptors (Lipinski definition) is 5. The number of aryl methyl sites for hydroxylation is 1. The minimum Gasteiger partial charge on any atom is -0.497 e. The molecule has 2 amide bonds. The molecule has 2 aromatic carbocycles. The highest BCUT2D eigenvalue weighted by molar-refractivity contribution is 7.10. The topological polar surface area (TPSA) is 76.7 Å². The van der Waals surface area contributed by atoms with Gasteiger partial charge >= 0.3 is 0 Å². The molecular weight excluding hydrogens is 424 g/mol. The second kappa shape index (κ2) is 11.2. The fraction of sp³-hybridized carbons (Fsp3) is 0.200. The van der Waals surface area contributed by atoms with Crippen molar-refractivity contribution in [1.29, 1.82) is 0 Å². The minimum atomic E-state index is -0.388. The summed E-state index contributed by atoms with van der Waals surface area (Å²) in [5.41, 5.74) is 1.61. The van der Waals surface area contributed by atoms with Gasteiger partial charge in [-0.3, -0.25) is 9.59 Å². The van der Waals surface area contributed by atoms with Crippen molar-refractivity contribution in [2.24, 2.45) is 0 Å². The third kappa shape index (κ3) is 6.46. The molecule has 1 aromatic heterocycles. The smallest absolute Gasteiger partial charge is 0.268 e. The van der Waals surface area contributed by atoms with Crippen LogP contribution in [-0.2, 0) is 4.79 Å².